The van der Waals surface area contributed by atoms with E-state index >= 15 is 0 Å². The standard InChI is InChI=1S/C27H32N6O5S/c1-17(2)38-25(26-29-13-18(3)14-30-26)19(4)39(34,35)16-23-31-32-27(20-9-8-12-28-15-20)33(23)24-21(36-5)10-7-11-22(24)37-6/h7-15,17,19,25H,16H2,1-6H3/t19-,25-/m1/s1. The van der Waals surface area contributed by atoms with E-state index < -0.39 is 26.9 Å². The predicted octanol–water partition coefficient (Wildman–Crippen LogP) is 3.91. The van der Waals surface area contributed by atoms with Crippen LogP contribution in [0.15, 0.2) is 55.1 Å². The molecular formula is C27H32N6O5S. The number of sulfone groups is 1. The first-order valence-electron chi connectivity index (χ1n) is 12.4. The quantitative estimate of drug-likeness (QED) is 0.270. The van der Waals surface area contributed by atoms with Gasteiger partial charge in [0.1, 0.15) is 29.0 Å². The summed E-state index contributed by atoms with van der Waals surface area (Å²) in [5, 5.41) is 7.68. The normalized spacial score (nSPS) is 13.3. The summed E-state index contributed by atoms with van der Waals surface area (Å²) in [7, 11) is -0.824. The number of nitrogens with zero attached hydrogens (tertiary/aromatic N) is 6. The van der Waals surface area contributed by atoms with E-state index in [-0.39, 0.29) is 11.9 Å². The summed E-state index contributed by atoms with van der Waals surface area (Å²) in [5.41, 5.74) is 1.98. The minimum absolute atomic E-state index is 0.177. The summed E-state index contributed by atoms with van der Waals surface area (Å²) in [6.45, 7) is 7.13. The van der Waals surface area contributed by atoms with Gasteiger partial charge in [0, 0.05) is 30.4 Å². The molecule has 3 aromatic heterocycles. The van der Waals surface area contributed by atoms with Crippen LogP contribution in [-0.2, 0) is 20.3 Å². The number of aryl methyl sites for hydroxylation is 1. The highest BCUT2D eigenvalue weighted by Crippen LogP contribution is 2.37. The van der Waals surface area contributed by atoms with Gasteiger partial charge < -0.3 is 14.2 Å². The molecule has 11 nitrogen and oxygen atoms in total. The largest absolute Gasteiger partial charge is 0.494 e. The van der Waals surface area contributed by atoms with Crippen LogP contribution in [0.3, 0.4) is 0 Å². The Kier molecular flexibility index (Phi) is 8.56. The van der Waals surface area contributed by atoms with Crippen molar-refractivity contribution < 1.29 is 22.6 Å². The summed E-state index contributed by atoms with van der Waals surface area (Å²) >= 11 is 0. The lowest BCUT2D eigenvalue weighted by Crippen LogP contribution is -2.32. The molecule has 0 amide bonds. The van der Waals surface area contributed by atoms with E-state index in [9.17, 15) is 8.42 Å². The molecule has 4 aromatic rings. The molecule has 0 saturated heterocycles. The lowest BCUT2D eigenvalue weighted by atomic mass is 10.2. The molecule has 0 saturated carbocycles. The van der Waals surface area contributed by atoms with Crippen molar-refractivity contribution >= 4 is 9.84 Å². The third kappa shape index (κ3) is 6.07. The third-order valence-electron chi connectivity index (χ3n) is 6.07. The number of methoxy groups -OCH3 is 2. The Hall–Kier alpha value is -3.90. The van der Waals surface area contributed by atoms with Gasteiger partial charge in [0.25, 0.3) is 0 Å². The number of hydrogen-bond acceptors (Lipinski definition) is 10. The van der Waals surface area contributed by atoms with Gasteiger partial charge in [-0.15, -0.1) is 10.2 Å². The molecule has 39 heavy (non-hydrogen) atoms. The van der Waals surface area contributed by atoms with Crippen LogP contribution < -0.4 is 9.47 Å². The minimum atomic E-state index is -3.88. The molecule has 2 atom stereocenters. The maximum atomic E-state index is 13.9. The van der Waals surface area contributed by atoms with Gasteiger partial charge in [-0.25, -0.2) is 18.4 Å². The van der Waals surface area contributed by atoms with Crippen LogP contribution in [0.5, 0.6) is 11.5 Å². The van der Waals surface area contributed by atoms with Crippen molar-refractivity contribution in [1.29, 1.82) is 0 Å². The van der Waals surface area contributed by atoms with Crippen LogP contribution in [0.4, 0.5) is 0 Å². The maximum Gasteiger partial charge on any atom is 0.170 e. The number of rotatable bonds is 11. The lowest BCUT2D eigenvalue weighted by Gasteiger charge is -2.25. The molecule has 0 aliphatic carbocycles. The van der Waals surface area contributed by atoms with Gasteiger partial charge in [0.2, 0.25) is 0 Å². The topological polar surface area (TPSA) is 131 Å². The van der Waals surface area contributed by atoms with Crippen LogP contribution >= 0.6 is 0 Å². The Labute approximate surface area is 228 Å². The number of hydrogen-bond donors (Lipinski definition) is 0. The van der Waals surface area contributed by atoms with E-state index in [1.54, 1.807) is 60.5 Å². The third-order valence-corrected chi connectivity index (χ3v) is 8.11. The molecule has 0 radical (unpaired) electrons. The number of benzene rings is 1. The second-order valence-corrected chi connectivity index (χ2v) is 11.6. The Balaban J connectivity index is 1.83. The molecule has 0 fully saturated rings. The van der Waals surface area contributed by atoms with E-state index in [0.717, 1.165) is 5.56 Å². The minimum Gasteiger partial charge on any atom is -0.494 e. The molecule has 0 spiro atoms. The SMILES string of the molecule is COc1cccc(OC)c1-n1c(CS(=O)(=O)[C@H](C)[C@@H](OC(C)C)c2ncc(C)cn2)nnc1-c1cccnc1. The lowest BCUT2D eigenvalue weighted by molar-refractivity contribution is 0.00141. The van der Waals surface area contributed by atoms with Crippen molar-refractivity contribution in [2.45, 2.75) is 50.9 Å². The second-order valence-electron chi connectivity index (χ2n) is 9.26. The van der Waals surface area contributed by atoms with Crippen molar-refractivity contribution in [2.75, 3.05) is 14.2 Å². The van der Waals surface area contributed by atoms with Crippen LogP contribution in [-0.4, -0.2) is 63.7 Å². The van der Waals surface area contributed by atoms with Crippen molar-refractivity contribution in [2.24, 2.45) is 0 Å². The number of ether oxygens (including phenoxy) is 3. The van der Waals surface area contributed by atoms with E-state index in [0.29, 0.717) is 34.4 Å². The number of para-hydroxylation sites is 1. The fourth-order valence-corrected chi connectivity index (χ4v) is 5.47. The number of pyridine rings is 1. The maximum absolute atomic E-state index is 13.9. The van der Waals surface area contributed by atoms with Crippen LogP contribution in [0.2, 0.25) is 0 Å². The Morgan fingerprint density at radius 2 is 1.59 bits per heavy atom. The fourth-order valence-electron chi connectivity index (χ4n) is 4.10. The van der Waals surface area contributed by atoms with E-state index in [1.165, 1.54) is 14.2 Å². The fraction of sp³-hybridized carbons (Fsp3) is 0.370. The molecule has 0 bridgehead atoms. The average molecular weight is 553 g/mol. The van der Waals surface area contributed by atoms with Gasteiger partial charge in [-0.3, -0.25) is 9.55 Å². The van der Waals surface area contributed by atoms with Gasteiger partial charge in [0.15, 0.2) is 27.3 Å². The van der Waals surface area contributed by atoms with Gasteiger partial charge in [0.05, 0.1) is 25.6 Å². The first kappa shape index (κ1) is 28.1. The van der Waals surface area contributed by atoms with Gasteiger partial charge in [-0.1, -0.05) is 6.07 Å². The predicted molar refractivity (Wildman–Crippen MR) is 146 cm³/mol. The van der Waals surface area contributed by atoms with E-state index in [1.807, 2.05) is 26.8 Å². The van der Waals surface area contributed by atoms with Crippen molar-refractivity contribution in [3.63, 3.8) is 0 Å². The Bertz CT molecular complexity index is 1490. The molecular weight excluding hydrogens is 520 g/mol. The molecule has 4 rings (SSSR count). The van der Waals surface area contributed by atoms with Crippen LogP contribution in [0, 0.1) is 6.92 Å². The van der Waals surface area contributed by atoms with Gasteiger partial charge >= 0.3 is 0 Å². The van der Waals surface area contributed by atoms with Crippen molar-refractivity contribution in [1.82, 2.24) is 29.7 Å². The summed E-state index contributed by atoms with van der Waals surface area (Å²) in [6, 6.07) is 8.88. The summed E-state index contributed by atoms with van der Waals surface area (Å²) < 4.78 is 46.7. The summed E-state index contributed by atoms with van der Waals surface area (Å²) in [4.78, 5) is 12.9. The molecule has 0 unspecified atom stereocenters. The van der Waals surface area contributed by atoms with Gasteiger partial charge in [-0.05, 0) is 57.5 Å². The van der Waals surface area contributed by atoms with E-state index in [2.05, 4.69) is 25.1 Å². The van der Waals surface area contributed by atoms with Gasteiger partial charge in [-0.2, -0.15) is 0 Å². The highest BCUT2D eigenvalue weighted by atomic mass is 32.2. The zero-order valence-corrected chi connectivity index (χ0v) is 23.6. The Morgan fingerprint density at radius 1 is 0.923 bits per heavy atom. The highest BCUT2D eigenvalue weighted by Gasteiger charge is 2.36. The monoisotopic (exact) mass is 552 g/mol. The van der Waals surface area contributed by atoms with E-state index in [4.69, 9.17) is 14.2 Å². The molecule has 3 heterocycles. The number of aromatic nitrogens is 6. The smallest absolute Gasteiger partial charge is 0.170 e. The summed E-state index contributed by atoms with van der Waals surface area (Å²) in [6.07, 6.45) is 5.42. The van der Waals surface area contributed by atoms with Crippen LogP contribution in [0.1, 0.15) is 44.1 Å². The Morgan fingerprint density at radius 3 is 2.15 bits per heavy atom. The molecule has 0 N–H and O–H groups in total. The molecule has 0 aliphatic rings. The van der Waals surface area contributed by atoms with Crippen molar-refractivity contribution in [3.8, 4) is 28.6 Å². The van der Waals surface area contributed by atoms with Crippen molar-refractivity contribution in [3.05, 3.63) is 72.3 Å². The zero-order chi connectivity index (χ0) is 28.2. The molecule has 206 valence electrons. The molecule has 0 aliphatic heterocycles. The molecule has 1 aromatic carbocycles. The average Bonchev–Trinajstić information content (AvgIpc) is 3.33. The first-order valence-corrected chi connectivity index (χ1v) is 14.1. The molecule has 12 heteroatoms. The zero-order valence-electron chi connectivity index (χ0n) is 22.8. The van der Waals surface area contributed by atoms with Crippen LogP contribution in [0.25, 0.3) is 17.1 Å². The highest BCUT2D eigenvalue weighted by molar-refractivity contribution is 7.91. The summed E-state index contributed by atoms with van der Waals surface area (Å²) in [5.74, 6) is 1.35. The second kappa shape index (κ2) is 11.9. The first-order chi connectivity index (χ1) is 18.7.